The molecular weight excluding hydrogens is 220 g/mol. The molecule has 2 nitrogen and oxygen atoms in total. The Morgan fingerprint density at radius 2 is 1.62 bits per heavy atom. The molecule has 0 aliphatic heterocycles. The number of ether oxygens (including phenoxy) is 2. The second-order valence-electron chi connectivity index (χ2n) is 4.89. The van der Waals surface area contributed by atoms with Crippen molar-refractivity contribution in [1.82, 2.24) is 0 Å². The Labute approximate surface area is 107 Å². The summed E-state index contributed by atoms with van der Waals surface area (Å²) in [5.74, 6) is 1.50. The largest absolute Gasteiger partial charge is 0.379 e. The summed E-state index contributed by atoms with van der Waals surface area (Å²) in [7, 11) is 0. The molecule has 0 saturated heterocycles. The van der Waals surface area contributed by atoms with Crippen LogP contribution in [0.2, 0.25) is 0 Å². The molecule has 0 rings (SSSR count). The van der Waals surface area contributed by atoms with E-state index in [-0.39, 0.29) is 5.41 Å². The third-order valence-corrected chi connectivity index (χ3v) is 3.74. The van der Waals surface area contributed by atoms with Gasteiger partial charge in [0.1, 0.15) is 0 Å². The number of thiol groups is 1. The molecule has 98 valence electrons. The van der Waals surface area contributed by atoms with Crippen LogP contribution in [0.3, 0.4) is 0 Å². The van der Waals surface area contributed by atoms with Crippen molar-refractivity contribution >= 4 is 12.6 Å². The Kier molecular flexibility index (Phi) is 9.47. The van der Waals surface area contributed by atoms with E-state index in [9.17, 15) is 0 Å². The molecule has 0 amide bonds. The van der Waals surface area contributed by atoms with E-state index in [0.29, 0.717) is 19.1 Å². The molecule has 0 saturated carbocycles. The van der Waals surface area contributed by atoms with Crippen molar-refractivity contribution in [2.45, 2.75) is 40.5 Å². The highest BCUT2D eigenvalue weighted by Gasteiger charge is 2.24. The molecule has 0 aromatic carbocycles. The van der Waals surface area contributed by atoms with Gasteiger partial charge in [-0.25, -0.2) is 0 Å². The summed E-state index contributed by atoms with van der Waals surface area (Å²) in [6.45, 7) is 11.7. The van der Waals surface area contributed by atoms with Gasteiger partial charge in [0.05, 0.1) is 19.8 Å². The summed E-state index contributed by atoms with van der Waals surface area (Å²) < 4.78 is 11.1. The van der Waals surface area contributed by atoms with Gasteiger partial charge in [-0.3, -0.25) is 0 Å². The number of hydrogen-bond acceptors (Lipinski definition) is 3. The van der Waals surface area contributed by atoms with Crippen molar-refractivity contribution in [2.75, 3.05) is 32.2 Å². The van der Waals surface area contributed by atoms with Crippen LogP contribution in [0.5, 0.6) is 0 Å². The minimum absolute atomic E-state index is 0.251. The SMILES string of the molecule is CCC(CC)(CS)COCCOCC(C)C. The molecule has 0 heterocycles. The molecule has 0 unspecified atom stereocenters. The van der Waals surface area contributed by atoms with Crippen LogP contribution in [-0.2, 0) is 9.47 Å². The number of hydrogen-bond donors (Lipinski definition) is 1. The summed E-state index contributed by atoms with van der Waals surface area (Å²) in [5, 5.41) is 0. The third-order valence-electron chi connectivity index (χ3n) is 3.07. The second-order valence-corrected chi connectivity index (χ2v) is 5.20. The molecule has 0 N–H and O–H groups in total. The van der Waals surface area contributed by atoms with Gasteiger partial charge >= 0.3 is 0 Å². The lowest BCUT2D eigenvalue weighted by molar-refractivity contribution is 0.00367. The van der Waals surface area contributed by atoms with Crippen molar-refractivity contribution in [3.05, 3.63) is 0 Å². The summed E-state index contributed by atoms with van der Waals surface area (Å²) in [4.78, 5) is 0. The average molecular weight is 248 g/mol. The van der Waals surface area contributed by atoms with Gasteiger partial charge in [-0.05, 0) is 24.5 Å². The fraction of sp³-hybridized carbons (Fsp3) is 1.00. The maximum absolute atomic E-state index is 5.68. The first-order valence-electron chi connectivity index (χ1n) is 6.36. The highest BCUT2D eigenvalue weighted by Crippen LogP contribution is 2.27. The predicted molar refractivity (Wildman–Crippen MR) is 73.3 cm³/mol. The Hall–Kier alpha value is 0.270. The Balaban J connectivity index is 3.55. The van der Waals surface area contributed by atoms with Crippen LogP contribution >= 0.6 is 12.6 Å². The van der Waals surface area contributed by atoms with E-state index in [2.05, 4.69) is 40.3 Å². The van der Waals surface area contributed by atoms with Gasteiger partial charge in [0, 0.05) is 12.0 Å². The zero-order valence-electron chi connectivity index (χ0n) is 11.3. The molecule has 0 atom stereocenters. The molecule has 3 heteroatoms. The van der Waals surface area contributed by atoms with Gasteiger partial charge in [-0.1, -0.05) is 27.7 Å². The Morgan fingerprint density at radius 1 is 1.06 bits per heavy atom. The first-order chi connectivity index (χ1) is 7.60. The molecule has 16 heavy (non-hydrogen) atoms. The zero-order valence-corrected chi connectivity index (χ0v) is 12.2. The molecule has 0 aliphatic rings. The highest BCUT2D eigenvalue weighted by molar-refractivity contribution is 7.80. The first-order valence-corrected chi connectivity index (χ1v) is 6.99. The van der Waals surface area contributed by atoms with Crippen LogP contribution in [0.25, 0.3) is 0 Å². The minimum Gasteiger partial charge on any atom is -0.379 e. The van der Waals surface area contributed by atoms with Crippen molar-refractivity contribution in [2.24, 2.45) is 11.3 Å². The van der Waals surface area contributed by atoms with Crippen molar-refractivity contribution in [3.8, 4) is 0 Å². The zero-order chi connectivity index (χ0) is 12.4. The molecule has 0 radical (unpaired) electrons. The molecule has 0 aliphatic carbocycles. The standard InChI is InChI=1S/C13H28O2S/c1-5-13(6-2,11-16)10-15-8-7-14-9-12(3)4/h12,16H,5-11H2,1-4H3. The Bertz CT molecular complexity index is 148. The van der Waals surface area contributed by atoms with Crippen LogP contribution in [0.1, 0.15) is 40.5 Å². The highest BCUT2D eigenvalue weighted by atomic mass is 32.1. The molecule has 0 aromatic rings. The second kappa shape index (κ2) is 9.32. The molecule has 0 aromatic heterocycles. The quantitative estimate of drug-likeness (QED) is 0.472. The fourth-order valence-corrected chi connectivity index (χ4v) is 1.99. The third kappa shape index (κ3) is 6.77. The van der Waals surface area contributed by atoms with Crippen LogP contribution in [0.15, 0.2) is 0 Å². The predicted octanol–water partition coefficient (Wildman–Crippen LogP) is 3.41. The van der Waals surface area contributed by atoms with Crippen LogP contribution in [0, 0.1) is 11.3 Å². The van der Waals surface area contributed by atoms with E-state index < -0.39 is 0 Å². The normalized spacial score (nSPS) is 12.4. The Morgan fingerprint density at radius 3 is 2.06 bits per heavy atom. The summed E-state index contributed by atoms with van der Waals surface area (Å²) in [6, 6.07) is 0. The van der Waals surface area contributed by atoms with Crippen LogP contribution in [-0.4, -0.2) is 32.2 Å². The van der Waals surface area contributed by atoms with Gasteiger partial charge < -0.3 is 9.47 Å². The molecule has 0 bridgehead atoms. The van der Waals surface area contributed by atoms with Crippen molar-refractivity contribution in [3.63, 3.8) is 0 Å². The van der Waals surface area contributed by atoms with Crippen molar-refractivity contribution < 1.29 is 9.47 Å². The van der Waals surface area contributed by atoms with Gasteiger partial charge in [0.25, 0.3) is 0 Å². The smallest absolute Gasteiger partial charge is 0.0700 e. The monoisotopic (exact) mass is 248 g/mol. The van der Waals surface area contributed by atoms with Gasteiger partial charge in [-0.2, -0.15) is 12.6 Å². The fourth-order valence-electron chi connectivity index (χ4n) is 1.45. The van der Waals surface area contributed by atoms with Gasteiger partial charge in [-0.15, -0.1) is 0 Å². The van der Waals surface area contributed by atoms with Crippen LogP contribution in [0.4, 0.5) is 0 Å². The topological polar surface area (TPSA) is 18.5 Å². The maximum Gasteiger partial charge on any atom is 0.0700 e. The molecule has 0 fully saturated rings. The van der Waals surface area contributed by atoms with Crippen LogP contribution < -0.4 is 0 Å². The maximum atomic E-state index is 5.68. The molecule has 0 spiro atoms. The van der Waals surface area contributed by atoms with E-state index in [0.717, 1.165) is 31.8 Å². The molecular formula is C13H28O2S. The van der Waals surface area contributed by atoms with E-state index in [4.69, 9.17) is 9.47 Å². The lowest BCUT2D eigenvalue weighted by Crippen LogP contribution is -2.28. The number of rotatable bonds is 10. The first kappa shape index (κ1) is 16.3. The average Bonchev–Trinajstić information content (AvgIpc) is 2.29. The van der Waals surface area contributed by atoms with E-state index in [1.807, 2.05) is 0 Å². The van der Waals surface area contributed by atoms with Gasteiger partial charge in [0.2, 0.25) is 0 Å². The van der Waals surface area contributed by atoms with Gasteiger partial charge in [0.15, 0.2) is 0 Å². The summed E-state index contributed by atoms with van der Waals surface area (Å²) >= 11 is 4.42. The van der Waals surface area contributed by atoms with Crippen molar-refractivity contribution in [1.29, 1.82) is 0 Å². The van der Waals surface area contributed by atoms with E-state index >= 15 is 0 Å². The minimum atomic E-state index is 0.251. The lowest BCUT2D eigenvalue weighted by Gasteiger charge is -2.29. The summed E-state index contributed by atoms with van der Waals surface area (Å²) in [5.41, 5.74) is 0.251. The summed E-state index contributed by atoms with van der Waals surface area (Å²) in [6.07, 6.45) is 2.25. The van der Waals surface area contributed by atoms with E-state index in [1.165, 1.54) is 0 Å². The lowest BCUT2D eigenvalue weighted by atomic mass is 9.85. The van der Waals surface area contributed by atoms with E-state index in [1.54, 1.807) is 0 Å².